The minimum atomic E-state index is -4.33. The first kappa shape index (κ1) is 13.1. The summed E-state index contributed by atoms with van der Waals surface area (Å²) in [7, 11) is 0. The lowest BCUT2D eigenvalue weighted by Crippen LogP contribution is -2.21. The monoisotopic (exact) mass is 258 g/mol. The SMILES string of the molecule is CCC1CCN(c2ccc(C(F)(F)F)cc2N)C1. The highest BCUT2D eigenvalue weighted by atomic mass is 19.4. The van der Waals surface area contributed by atoms with Crippen molar-refractivity contribution in [2.24, 2.45) is 5.92 Å². The Morgan fingerprint density at radius 1 is 1.39 bits per heavy atom. The van der Waals surface area contributed by atoms with Crippen molar-refractivity contribution in [3.8, 4) is 0 Å². The molecule has 2 nitrogen and oxygen atoms in total. The second kappa shape index (κ2) is 4.71. The largest absolute Gasteiger partial charge is 0.416 e. The van der Waals surface area contributed by atoms with Crippen molar-refractivity contribution in [2.45, 2.75) is 25.9 Å². The van der Waals surface area contributed by atoms with Crippen LogP contribution in [0.4, 0.5) is 24.5 Å². The number of hydrogen-bond donors (Lipinski definition) is 1. The Morgan fingerprint density at radius 2 is 2.11 bits per heavy atom. The van der Waals surface area contributed by atoms with Crippen molar-refractivity contribution in [1.29, 1.82) is 0 Å². The average Bonchev–Trinajstić information content (AvgIpc) is 2.76. The van der Waals surface area contributed by atoms with Gasteiger partial charge in [-0.3, -0.25) is 0 Å². The van der Waals surface area contributed by atoms with E-state index in [1.54, 1.807) is 0 Å². The highest BCUT2D eigenvalue weighted by Gasteiger charge is 2.31. The molecule has 5 heteroatoms. The summed E-state index contributed by atoms with van der Waals surface area (Å²) in [6.45, 7) is 3.88. The second-order valence-corrected chi connectivity index (χ2v) is 4.78. The zero-order chi connectivity index (χ0) is 13.3. The standard InChI is InChI=1S/C13H17F3N2/c1-2-9-5-6-18(8-9)12-4-3-10(7-11(12)17)13(14,15)16/h3-4,7,9H,2,5-6,8,17H2,1H3. The van der Waals surface area contributed by atoms with E-state index in [9.17, 15) is 13.2 Å². The van der Waals surface area contributed by atoms with Crippen LogP contribution in [-0.4, -0.2) is 13.1 Å². The third-order valence-corrected chi connectivity index (χ3v) is 3.56. The van der Waals surface area contributed by atoms with E-state index >= 15 is 0 Å². The maximum absolute atomic E-state index is 12.5. The molecule has 2 rings (SSSR count). The second-order valence-electron chi connectivity index (χ2n) is 4.78. The summed E-state index contributed by atoms with van der Waals surface area (Å²) >= 11 is 0. The van der Waals surface area contributed by atoms with Crippen molar-refractivity contribution >= 4 is 11.4 Å². The molecular formula is C13H17F3N2. The Hall–Kier alpha value is -1.39. The maximum Gasteiger partial charge on any atom is 0.416 e. The van der Waals surface area contributed by atoms with Gasteiger partial charge in [0.2, 0.25) is 0 Å². The van der Waals surface area contributed by atoms with Crippen molar-refractivity contribution in [3.05, 3.63) is 23.8 Å². The fourth-order valence-electron chi connectivity index (χ4n) is 2.40. The molecule has 1 aliphatic rings. The number of nitrogens with zero attached hydrogens (tertiary/aromatic N) is 1. The van der Waals surface area contributed by atoms with Crippen LogP contribution in [0.5, 0.6) is 0 Å². The minimum Gasteiger partial charge on any atom is -0.397 e. The van der Waals surface area contributed by atoms with Gasteiger partial charge in [-0.2, -0.15) is 13.2 Å². The van der Waals surface area contributed by atoms with Gasteiger partial charge < -0.3 is 10.6 Å². The number of hydrogen-bond acceptors (Lipinski definition) is 2. The highest BCUT2D eigenvalue weighted by molar-refractivity contribution is 5.69. The molecule has 1 unspecified atom stereocenters. The van der Waals surface area contributed by atoms with Gasteiger partial charge in [0.15, 0.2) is 0 Å². The van der Waals surface area contributed by atoms with Gasteiger partial charge in [0, 0.05) is 13.1 Å². The Balaban J connectivity index is 2.21. The average molecular weight is 258 g/mol. The number of halogens is 3. The van der Waals surface area contributed by atoms with E-state index < -0.39 is 11.7 Å². The Morgan fingerprint density at radius 3 is 2.61 bits per heavy atom. The molecule has 1 atom stereocenters. The molecule has 1 aliphatic heterocycles. The van der Waals surface area contributed by atoms with E-state index in [1.807, 2.05) is 0 Å². The van der Waals surface area contributed by atoms with Crippen molar-refractivity contribution in [1.82, 2.24) is 0 Å². The third kappa shape index (κ3) is 2.54. The van der Waals surface area contributed by atoms with Crippen LogP contribution in [0.2, 0.25) is 0 Å². The molecule has 2 N–H and O–H groups in total. The van der Waals surface area contributed by atoms with E-state index in [2.05, 4.69) is 11.8 Å². The number of rotatable bonds is 2. The molecule has 0 bridgehead atoms. The van der Waals surface area contributed by atoms with E-state index in [0.717, 1.165) is 43.8 Å². The summed E-state index contributed by atoms with van der Waals surface area (Å²) < 4.78 is 37.6. The minimum absolute atomic E-state index is 0.210. The smallest absolute Gasteiger partial charge is 0.397 e. The van der Waals surface area contributed by atoms with E-state index in [-0.39, 0.29) is 5.69 Å². The van der Waals surface area contributed by atoms with Gasteiger partial charge in [-0.25, -0.2) is 0 Å². The lowest BCUT2D eigenvalue weighted by atomic mass is 10.1. The normalized spacial score (nSPS) is 20.4. The van der Waals surface area contributed by atoms with E-state index in [0.29, 0.717) is 5.92 Å². The molecule has 1 heterocycles. The summed E-state index contributed by atoms with van der Waals surface area (Å²) in [6, 6.07) is 3.61. The number of alkyl halides is 3. The van der Waals surface area contributed by atoms with Crippen LogP contribution in [-0.2, 0) is 6.18 Å². The van der Waals surface area contributed by atoms with Gasteiger partial charge in [0.05, 0.1) is 16.9 Å². The van der Waals surface area contributed by atoms with E-state index in [4.69, 9.17) is 5.73 Å². The van der Waals surface area contributed by atoms with Crippen molar-refractivity contribution < 1.29 is 13.2 Å². The van der Waals surface area contributed by atoms with Gasteiger partial charge in [0.25, 0.3) is 0 Å². The van der Waals surface area contributed by atoms with Crippen LogP contribution >= 0.6 is 0 Å². The summed E-state index contributed by atoms with van der Waals surface area (Å²) in [5, 5.41) is 0. The van der Waals surface area contributed by atoms with Gasteiger partial charge in [-0.05, 0) is 30.5 Å². The van der Waals surface area contributed by atoms with Gasteiger partial charge in [-0.15, -0.1) is 0 Å². The number of nitrogen functional groups attached to an aromatic ring is 1. The molecule has 0 aromatic heterocycles. The molecule has 0 saturated carbocycles. The van der Waals surface area contributed by atoms with Crippen LogP contribution < -0.4 is 10.6 Å². The Labute approximate surface area is 105 Å². The first-order chi connectivity index (χ1) is 8.41. The first-order valence-corrected chi connectivity index (χ1v) is 6.13. The number of nitrogens with two attached hydrogens (primary N) is 1. The van der Waals surface area contributed by atoms with Crippen LogP contribution in [0.15, 0.2) is 18.2 Å². The fourth-order valence-corrected chi connectivity index (χ4v) is 2.40. The number of benzene rings is 1. The highest BCUT2D eigenvalue weighted by Crippen LogP contribution is 2.35. The molecule has 0 radical (unpaired) electrons. The van der Waals surface area contributed by atoms with Crippen LogP contribution in [0.1, 0.15) is 25.3 Å². The van der Waals surface area contributed by atoms with Crippen LogP contribution in [0.25, 0.3) is 0 Å². The molecule has 0 aliphatic carbocycles. The zero-order valence-corrected chi connectivity index (χ0v) is 10.3. The zero-order valence-electron chi connectivity index (χ0n) is 10.3. The van der Waals surface area contributed by atoms with E-state index in [1.165, 1.54) is 6.07 Å². The van der Waals surface area contributed by atoms with Crippen LogP contribution in [0.3, 0.4) is 0 Å². The van der Waals surface area contributed by atoms with Gasteiger partial charge in [0.1, 0.15) is 0 Å². The lowest BCUT2D eigenvalue weighted by molar-refractivity contribution is -0.137. The van der Waals surface area contributed by atoms with Gasteiger partial charge in [-0.1, -0.05) is 13.3 Å². The van der Waals surface area contributed by atoms with Crippen molar-refractivity contribution in [3.63, 3.8) is 0 Å². The summed E-state index contributed by atoms with van der Waals surface area (Å²) in [6.07, 6.45) is -2.16. The number of anilines is 2. The fraction of sp³-hybridized carbons (Fsp3) is 0.538. The molecule has 1 fully saturated rings. The van der Waals surface area contributed by atoms with Gasteiger partial charge >= 0.3 is 6.18 Å². The molecule has 1 aromatic carbocycles. The maximum atomic E-state index is 12.5. The molecule has 1 saturated heterocycles. The quantitative estimate of drug-likeness (QED) is 0.822. The summed E-state index contributed by atoms with van der Waals surface area (Å²) in [5.74, 6) is 0.617. The molecular weight excluding hydrogens is 241 g/mol. The predicted octanol–water partition coefficient (Wildman–Crippen LogP) is 3.52. The predicted molar refractivity (Wildman–Crippen MR) is 66.5 cm³/mol. The third-order valence-electron chi connectivity index (χ3n) is 3.56. The molecule has 0 spiro atoms. The Kier molecular flexibility index (Phi) is 3.41. The summed E-state index contributed by atoms with van der Waals surface area (Å²) in [4.78, 5) is 2.07. The topological polar surface area (TPSA) is 29.3 Å². The van der Waals surface area contributed by atoms with Crippen molar-refractivity contribution in [2.75, 3.05) is 23.7 Å². The lowest BCUT2D eigenvalue weighted by Gasteiger charge is -2.21. The summed E-state index contributed by atoms with van der Waals surface area (Å²) in [5.41, 5.74) is 5.99. The molecule has 100 valence electrons. The Bertz CT molecular complexity index is 429. The van der Waals surface area contributed by atoms with Crippen LogP contribution in [0, 0.1) is 5.92 Å². The molecule has 0 amide bonds. The first-order valence-electron chi connectivity index (χ1n) is 6.13. The molecule has 18 heavy (non-hydrogen) atoms. The molecule has 1 aromatic rings.